The van der Waals surface area contributed by atoms with Crippen LogP contribution in [-0.4, -0.2) is 45.3 Å². The highest BCUT2D eigenvalue weighted by molar-refractivity contribution is 5.86. The number of fused-ring (bicyclic) bond motifs is 2. The Morgan fingerprint density at radius 3 is 2.58 bits per heavy atom. The van der Waals surface area contributed by atoms with Gasteiger partial charge in [0.2, 0.25) is 5.95 Å². The molecular weight excluding hydrogens is 392 g/mol. The van der Waals surface area contributed by atoms with Crippen LogP contribution in [0.1, 0.15) is 19.4 Å². The number of anilines is 1. The van der Waals surface area contributed by atoms with Crippen LogP contribution in [0.3, 0.4) is 0 Å². The maximum atomic E-state index is 12.8. The number of aromatic amines is 1. The molecule has 0 atom stereocenters. The van der Waals surface area contributed by atoms with Crippen molar-refractivity contribution in [3.63, 3.8) is 0 Å². The minimum Gasteiger partial charge on any atom is -0.350 e. The normalized spacial score (nSPS) is 11.6. The SMILES string of the molecule is CC[NH+](CC)CCNc1nc2c(c(=O)[nH]c(=O)n2C)n1Cc1cccc2ccccc12. The first-order chi connectivity index (χ1) is 15.0. The minimum atomic E-state index is -0.466. The van der Waals surface area contributed by atoms with Gasteiger partial charge in [0, 0.05) is 7.05 Å². The van der Waals surface area contributed by atoms with Crippen molar-refractivity contribution in [1.82, 2.24) is 19.1 Å². The van der Waals surface area contributed by atoms with E-state index in [-0.39, 0.29) is 0 Å². The molecule has 0 unspecified atom stereocenters. The molecule has 2 aromatic carbocycles. The molecule has 3 N–H and O–H groups in total. The topological polar surface area (TPSA) is 89.2 Å². The molecule has 0 radical (unpaired) electrons. The molecule has 0 bridgehead atoms. The van der Waals surface area contributed by atoms with Gasteiger partial charge in [0.05, 0.1) is 32.7 Å². The summed E-state index contributed by atoms with van der Waals surface area (Å²) in [6.45, 7) is 8.59. The number of rotatable bonds is 8. The molecule has 4 rings (SSSR count). The summed E-state index contributed by atoms with van der Waals surface area (Å²) < 4.78 is 3.27. The second-order valence-corrected chi connectivity index (χ2v) is 7.78. The molecule has 8 heteroatoms. The number of quaternary nitrogens is 1. The van der Waals surface area contributed by atoms with Gasteiger partial charge in [0.25, 0.3) is 5.56 Å². The summed E-state index contributed by atoms with van der Waals surface area (Å²) in [4.78, 5) is 33.4. The van der Waals surface area contributed by atoms with E-state index < -0.39 is 11.2 Å². The fourth-order valence-corrected chi connectivity index (χ4v) is 4.08. The van der Waals surface area contributed by atoms with Gasteiger partial charge in [-0.1, -0.05) is 42.5 Å². The van der Waals surface area contributed by atoms with Gasteiger partial charge in [0.1, 0.15) is 0 Å². The molecule has 0 saturated carbocycles. The quantitative estimate of drug-likeness (QED) is 0.395. The molecule has 2 heterocycles. The van der Waals surface area contributed by atoms with Gasteiger partial charge >= 0.3 is 5.69 Å². The van der Waals surface area contributed by atoms with Crippen molar-refractivity contribution in [2.75, 3.05) is 31.5 Å². The van der Waals surface area contributed by atoms with Gasteiger partial charge in [0.15, 0.2) is 11.2 Å². The van der Waals surface area contributed by atoms with Gasteiger partial charge < -0.3 is 10.2 Å². The molecule has 162 valence electrons. The Kier molecular flexibility index (Phi) is 5.90. The number of nitrogens with one attached hydrogen (secondary N) is 3. The van der Waals surface area contributed by atoms with Crippen molar-refractivity contribution in [2.45, 2.75) is 20.4 Å². The first-order valence-corrected chi connectivity index (χ1v) is 10.8. The largest absolute Gasteiger partial charge is 0.350 e. The first-order valence-electron chi connectivity index (χ1n) is 10.8. The van der Waals surface area contributed by atoms with Crippen LogP contribution in [-0.2, 0) is 13.6 Å². The van der Waals surface area contributed by atoms with E-state index in [1.165, 1.54) is 9.47 Å². The Bertz CT molecular complexity index is 1320. The number of imidazole rings is 1. The van der Waals surface area contributed by atoms with Crippen molar-refractivity contribution in [3.8, 4) is 0 Å². The first kappa shape index (κ1) is 20.9. The van der Waals surface area contributed by atoms with E-state index in [0.29, 0.717) is 23.7 Å². The number of benzene rings is 2. The Morgan fingerprint density at radius 2 is 1.81 bits per heavy atom. The third kappa shape index (κ3) is 3.98. The summed E-state index contributed by atoms with van der Waals surface area (Å²) >= 11 is 0. The van der Waals surface area contributed by atoms with Crippen molar-refractivity contribution in [3.05, 3.63) is 68.9 Å². The summed E-state index contributed by atoms with van der Waals surface area (Å²) in [5.41, 5.74) is 0.974. The van der Waals surface area contributed by atoms with Crippen molar-refractivity contribution in [1.29, 1.82) is 0 Å². The zero-order valence-electron chi connectivity index (χ0n) is 18.2. The van der Waals surface area contributed by atoms with Gasteiger partial charge in [-0.05, 0) is 30.2 Å². The van der Waals surface area contributed by atoms with E-state index in [0.717, 1.165) is 42.5 Å². The third-order valence-electron chi connectivity index (χ3n) is 5.98. The Balaban J connectivity index is 1.80. The fraction of sp³-hybridized carbons (Fsp3) is 0.348. The van der Waals surface area contributed by atoms with Crippen LogP contribution in [0.2, 0.25) is 0 Å². The van der Waals surface area contributed by atoms with Crippen LogP contribution in [0.15, 0.2) is 52.1 Å². The van der Waals surface area contributed by atoms with Crippen molar-refractivity contribution >= 4 is 27.9 Å². The van der Waals surface area contributed by atoms with Crippen molar-refractivity contribution < 1.29 is 4.90 Å². The Labute approximate surface area is 180 Å². The highest BCUT2D eigenvalue weighted by Crippen LogP contribution is 2.23. The van der Waals surface area contributed by atoms with Crippen LogP contribution < -0.4 is 21.5 Å². The zero-order chi connectivity index (χ0) is 22.0. The smallest absolute Gasteiger partial charge is 0.329 e. The number of hydrogen-bond donors (Lipinski definition) is 3. The molecule has 0 saturated heterocycles. The van der Waals surface area contributed by atoms with Crippen LogP contribution in [0.5, 0.6) is 0 Å². The molecule has 2 aromatic heterocycles. The van der Waals surface area contributed by atoms with Crippen LogP contribution in [0.25, 0.3) is 21.9 Å². The maximum absolute atomic E-state index is 12.8. The molecule has 31 heavy (non-hydrogen) atoms. The van der Waals surface area contributed by atoms with Crippen LogP contribution >= 0.6 is 0 Å². The number of hydrogen-bond acceptors (Lipinski definition) is 4. The standard InChI is InChI=1S/C23H28N6O2/c1-4-28(5-2)14-13-24-22-25-20-19(21(30)26-23(31)27(20)3)29(22)15-17-11-8-10-16-9-6-7-12-18(16)17/h6-12H,4-5,13-15H2,1-3H3,(H,24,25)(H,26,30,31)/p+1. The predicted molar refractivity (Wildman–Crippen MR) is 124 cm³/mol. The molecule has 8 nitrogen and oxygen atoms in total. The van der Waals surface area contributed by atoms with Crippen LogP contribution in [0.4, 0.5) is 5.95 Å². The van der Waals surface area contributed by atoms with E-state index in [1.807, 2.05) is 22.8 Å². The van der Waals surface area contributed by atoms with Gasteiger partial charge in [-0.3, -0.25) is 18.9 Å². The average Bonchev–Trinajstić information content (AvgIpc) is 3.14. The number of aromatic nitrogens is 4. The van der Waals surface area contributed by atoms with Gasteiger partial charge in [-0.15, -0.1) is 0 Å². The molecular formula is C23H29N6O2+. The number of nitrogens with zero attached hydrogens (tertiary/aromatic N) is 3. The summed E-state index contributed by atoms with van der Waals surface area (Å²) in [6, 6.07) is 14.4. The average molecular weight is 422 g/mol. The molecule has 0 fully saturated rings. The van der Waals surface area contributed by atoms with E-state index in [9.17, 15) is 9.59 Å². The van der Waals surface area contributed by atoms with E-state index in [4.69, 9.17) is 0 Å². The second kappa shape index (κ2) is 8.77. The monoisotopic (exact) mass is 421 g/mol. The molecule has 0 aliphatic heterocycles. The zero-order valence-corrected chi connectivity index (χ0v) is 18.2. The molecule has 0 amide bonds. The molecule has 4 aromatic rings. The second-order valence-electron chi connectivity index (χ2n) is 7.78. The number of likely N-dealkylation sites (N-methyl/N-ethyl adjacent to an activating group) is 1. The Hall–Kier alpha value is -3.39. The summed E-state index contributed by atoms with van der Waals surface area (Å²) in [7, 11) is 1.62. The lowest BCUT2D eigenvalue weighted by Gasteiger charge is -2.16. The van der Waals surface area contributed by atoms with Crippen LogP contribution in [0, 0.1) is 0 Å². The minimum absolute atomic E-state index is 0.381. The predicted octanol–water partition coefficient (Wildman–Crippen LogP) is 0.961. The van der Waals surface area contributed by atoms with Gasteiger partial charge in [-0.25, -0.2) is 4.79 Å². The fourth-order valence-electron chi connectivity index (χ4n) is 4.08. The number of aryl methyl sites for hydroxylation is 1. The lowest BCUT2D eigenvalue weighted by molar-refractivity contribution is -0.894. The highest BCUT2D eigenvalue weighted by Gasteiger charge is 2.18. The van der Waals surface area contributed by atoms with Gasteiger partial charge in [-0.2, -0.15) is 4.98 Å². The van der Waals surface area contributed by atoms with E-state index in [2.05, 4.69) is 53.4 Å². The summed E-state index contributed by atoms with van der Waals surface area (Å²) in [5, 5.41) is 5.68. The Morgan fingerprint density at radius 1 is 1.06 bits per heavy atom. The molecule has 0 aliphatic rings. The van der Waals surface area contributed by atoms with Crippen molar-refractivity contribution in [2.24, 2.45) is 7.05 Å². The highest BCUT2D eigenvalue weighted by atomic mass is 16.2. The van der Waals surface area contributed by atoms with E-state index >= 15 is 0 Å². The summed E-state index contributed by atoms with van der Waals surface area (Å²) in [6.07, 6.45) is 0. The summed E-state index contributed by atoms with van der Waals surface area (Å²) in [5.74, 6) is 0.598. The third-order valence-corrected chi connectivity index (χ3v) is 5.98. The lowest BCUT2D eigenvalue weighted by Crippen LogP contribution is -3.12. The number of H-pyrrole nitrogens is 1. The molecule has 0 aliphatic carbocycles. The lowest BCUT2D eigenvalue weighted by atomic mass is 10.0. The maximum Gasteiger partial charge on any atom is 0.329 e. The van der Waals surface area contributed by atoms with E-state index in [1.54, 1.807) is 7.05 Å². The molecule has 0 spiro atoms.